The first-order valence-electron chi connectivity index (χ1n) is 9.06. The molecule has 1 atom stereocenters. The maximum Gasteiger partial charge on any atom is 0.327 e. The third-order valence-electron chi connectivity index (χ3n) is 6.03. The van der Waals surface area contributed by atoms with Crippen molar-refractivity contribution in [3.05, 3.63) is 0 Å². The second-order valence-corrected chi connectivity index (χ2v) is 13.1. The van der Waals surface area contributed by atoms with Gasteiger partial charge in [0.2, 0.25) is 0 Å². The fourth-order valence-corrected chi connectivity index (χ4v) is 7.19. The van der Waals surface area contributed by atoms with Gasteiger partial charge in [-0.1, -0.05) is 44.9 Å². The number of urea groups is 1. The molecular formula is C17H32N2O3Si. The van der Waals surface area contributed by atoms with E-state index in [2.05, 4.69) is 20.8 Å². The number of carbonyl (C=O) groups excluding carboxylic acids is 2. The summed E-state index contributed by atoms with van der Waals surface area (Å²) < 4.78 is 5.18. The minimum atomic E-state index is -1.16. The summed E-state index contributed by atoms with van der Waals surface area (Å²) in [6.45, 7) is 12.4. The van der Waals surface area contributed by atoms with E-state index in [4.69, 9.17) is 4.74 Å². The number of epoxide rings is 1. The Labute approximate surface area is 141 Å². The van der Waals surface area contributed by atoms with Crippen LogP contribution in [0.2, 0.25) is 24.2 Å². The third kappa shape index (κ3) is 3.63. The van der Waals surface area contributed by atoms with Crippen molar-refractivity contribution in [2.45, 2.75) is 76.9 Å². The second kappa shape index (κ2) is 6.93. The lowest BCUT2D eigenvalue weighted by Gasteiger charge is -2.31. The Hall–Kier alpha value is -0.883. The van der Waals surface area contributed by atoms with Crippen LogP contribution >= 0.6 is 0 Å². The highest BCUT2D eigenvalue weighted by Gasteiger charge is 2.52. The maximum absolute atomic E-state index is 12.6. The lowest BCUT2D eigenvalue weighted by atomic mass is 10.0. The summed E-state index contributed by atoms with van der Waals surface area (Å²) in [7, 11) is -1.16. The summed E-state index contributed by atoms with van der Waals surface area (Å²) in [5, 5.41) is 0. The van der Waals surface area contributed by atoms with Gasteiger partial charge >= 0.3 is 6.03 Å². The summed E-state index contributed by atoms with van der Waals surface area (Å²) in [6, 6.07) is 5.04. The Morgan fingerprint density at radius 2 is 1.74 bits per heavy atom. The van der Waals surface area contributed by atoms with Gasteiger partial charge in [-0.2, -0.15) is 0 Å². The van der Waals surface area contributed by atoms with E-state index in [1.807, 2.05) is 13.8 Å². The van der Waals surface area contributed by atoms with Crippen molar-refractivity contribution in [2.75, 3.05) is 19.7 Å². The Morgan fingerprint density at radius 3 is 2.22 bits per heavy atom. The average molecular weight is 341 g/mol. The summed E-state index contributed by atoms with van der Waals surface area (Å²) in [6.07, 6.45) is 1.07. The van der Waals surface area contributed by atoms with Gasteiger partial charge in [0.1, 0.15) is 5.54 Å². The van der Waals surface area contributed by atoms with E-state index in [9.17, 15) is 9.59 Å². The molecule has 2 heterocycles. The maximum atomic E-state index is 12.6. The van der Waals surface area contributed by atoms with Gasteiger partial charge in [-0.05, 0) is 20.3 Å². The van der Waals surface area contributed by atoms with Crippen LogP contribution in [-0.4, -0.2) is 61.2 Å². The van der Waals surface area contributed by atoms with Gasteiger partial charge in [-0.25, -0.2) is 4.79 Å². The number of amides is 3. The van der Waals surface area contributed by atoms with E-state index < -0.39 is 13.6 Å². The van der Waals surface area contributed by atoms with Gasteiger partial charge in [-0.3, -0.25) is 9.69 Å². The Bertz CT molecular complexity index is 450. The van der Waals surface area contributed by atoms with Crippen LogP contribution in [0.25, 0.3) is 0 Å². The zero-order chi connectivity index (χ0) is 17.3. The smallest absolute Gasteiger partial charge is 0.327 e. The third-order valence-corrected chi connectivity index (χ3v) is 11.9. The molecule has 0 saturated carbocycles. The standard InChI is InChI=1S/C17H32N2O3Si/c1-6-23(7-2,8-3)11-9-10-19-16(21)18(12-14-13-22-14)15(20)17(19,4)5/h14H,6-13H2,1-5H3. The molecule has 2 fully saturated rings. The first-order valence-corrected chi connectivity index (χ1v) is 11.9. The quantitative estimate of drug-likeness (QED) is 0.367. The van der Waals surface area contributed by atoms with Crippen LogP contribution in [-0.2, 0) is 9.53 Å². The Kier molecular flexibility index (Phi) is 5.56. The molecule has 0 aromatic rings. The molecule has 132 valence electrons. The highest BCUT2D eigenvalue weighted by molar-refractivity contribution is 6.79. The number of hydrogen-bond donors (Lipinski definition) is 0. The van der Waals surface area contributed by atoms with Crippen molar-refractivity contribution in [2.24, 2.45) is 0 Å². The van der Waals surface area contributed by atoms with Crippen LogP contribution in [0.3, 0.4) is 0 Å². The van der Waals surface area contributed by atoms with E-state index in [0.717, 1.165) is 6.42 Å². The van der Waals surface area contributed by atoms with Crippen LogP contribution in [0.5, 0.6) is 0 Å². The molecule has 0 radical (unpaired) electrons. The predicted octanol–water partition coefficient (Wildman–Crippen LogP) is 3.33. The molecule has 0 spiro atoms. The molecule has 0 aromatic carbocycles. The average Bonchev–Trinajstić information content (AvgIpc) is 3.33. The van der Waals surface area contributed by atoms with Crippen LogP contribution in [0.4, 0.5) is 4.79 Å². The molecule has 0 N–H and O–H groups in total. The molecule has 6 heteroatoms. The molecule has 3 amide bonds. The largest absolute Gasteiger partial charge is 0.371 e. The van der Waals surface area contributed by atoms with Gasteiger partial charge in [0.05, 0.1) is 27.3 Å². The van der Waals surface area contributed by atoms with Crippen molar-refractivity contribution in [1.82, 2.24) is 9.80 Å². The van der Waals surface area contributed by atoms with Crippen LogP contribution in [0.1, 0.15) is 41.0 Å². The molecule has 2 aliphatic rings. The molecule has 1 unspecified atom stereocenters. The highest BCUT2D eigenvalue weighted by atomic mass is 28.3. The highest BCUT2D eigenvalue weighted by Crippen LogP contribution is 2.31. The van der Waals surface area contributed by atoms with Crippen molar-refractivity contribution in [3.8, 4) is 0 Å². The van der Waals surface area contributed by atoms with E-state index in [0.29, 0.717) is 19.7 Å². The van der Waals surface area contributed by atoms with Crippen molar-refractivity contribution in [3.63, 3.8) is 0 Å². The molecular weight excluding hydrogens is 308 g/mol. The number of imide groups is 1. The fraction of sp³-hybridized carbons (Fsp3) is 0.882. The summed E-state index contributed by atoms with van der Waals surface area (Å²) in [5.74, 6) is -0.0806. The molecule has 23 heavy (non-hydrogen) atoms. The topological polar surface area (TPSA) is 53.2 Å². The second-order valence-electron chi connectivity index (χ2n) is 7.53. The fourth-order valence-electron chi connectivity index (χ4n) is 3.72. The van der Waals surface area contributed by atoms with Crippen molar-refractivity contribution in [1.29, 1.82) is 0 Å². The molecule has 2 aliphatic heterocycles. The van der Waals surface area contributed by atoms with Crippen LogP contribution in [0.15, 0.2) is 0 Å². The van der Waals surface area contributed by atoms with Crippen molar-refractivity contribution < 1.29 is 14.3 Å². The molecule has 0 aromatic heterocycles. The summed E-state index contributed by atoms with van der Waals surface area (Å²) in [5.41, 5.74) is -0.721. The number of ether oxygens (including phenoxy) is 1. The van der Waals surface area contributed by atoms with Gasteiger partial charge < -0.3 is 9.64 Å². The zero-order valence-corrected chi connectivity index (χ0v) is 16.4. The first kappa shape index (κ1) is 18.5. The Morgan fingerprint density at radius 1 is 1.17 bits per heavy atom. The molecule has 0 aliphatic carbocycles. The molecule has 5 nitrogen and oxygen atoms in total. The van der Waals surface area contributed by atoms with Gasteiger partial charge in [0, 0.05) is 6.54 Å². The molecule has 0 bridgehead atoms. The minimum Gasteiger partial charge on any atom is -0.371 e. The predicted molar refractivity (Wildman–Crippen MR) is 94.3 cm³/mol. The Balaban J connectivity index is 1.98. The number of rotatable bonds is 9. The number of nitrogens with zero attached hydrogens (tertiary/aromatic N) is 2. The van der Waals surface area contributed by atoms with E-state index in [-0.39, 0.29) is 18.0 Å². The summed E-state index contributed by atoms with van der Waals surface area (Å²) in [4.78, 5) is 28.4. The van der Waals surface area contributed by atoms with E-state index in [1.165, 1.54) is 29.1 Å². The van der Waals surface area contributed by atoms with Gasteiger partial charge in [0.25, 0.3) is 5.91 Å². The lowest BCUT2D eigenvalue weighted by molar-refractivity contribution is -0.132. The molecule has 2 saturated heterocycles. The molecule has 2 rings (SSSR count). The summed E-state index contributed by atoms with van der Waals surface area (Å²) >= 11 is 0. The monoisotopic (exact) mass is 340 g/mol. The zero-order valence-electron chi connectivity index (χ0n) is 15.4. The van der Waals surface area contributed by atoms with Gasteiger partial charge in [-0.15, -0.1) is 0 Å². The first-order chi connectivity index (χ1) is 10.8. The van der Waals surface area contributed by atoms with Crippen LogP contribution in [0, 0.1) is 0 Å². The lowest BCUT2D eigenvalue weighted by Crippen LogP contribution is -2.45. The van der Waals surface area contributed by atoms with Crippen molar-refractivity contribution >= 4 is 20.0 Å². The number of hydrogen-bond acceptors (Lipinski definition) is 3. The van der Waals surface area contributed by atoms with Crippen LogP contribution < -0.4 is 0 Å². The normalized spacial score (nSPS) is 23.8. The van der Waals surface area contributed by atoms with Gasteiger partial charge in [0.15, 0.2) is 0 Å². The minimum absolute atomic E-state index is 0.0546. The number of carbonyl (C=O) groups is 2. The van der Waals surface area contributed by atoms with E-state index >= 15 is 0 Å². The SMILES string of the molecule is CC[Si](CC)(CC)CCCN1C(=O)N(CC2CO2)C(=O)C1(C)C. The van der Waals surface area contributed by atoms with E-state index in [1.54, 1.807) is 4.90 Å².